The van der Waals surface area contributed by atoms with Gasteiger partial charge in [-0.05, 0) is 60.6 Å². The molecular formula is C19H21N3O3S. The Morgan fingerprint density at radius 2 is 1.88 bits per heavy atom. The summed E-state index contributed by atoms with van der Waals surface area (Å²) in [5, 5.41) is 5.50. The number of thioether (sulfide) groups is 1. The van der Waals surface area contributed by atoms with Gasteiger partial charge in [0.1, 0.15) is 5.75 Å². The number of benzene rings is 2. The molecule has 1 heterocycles. The maximum Gasteiger partial charge on any atom is 0.290 e. The highest BCUT2D eigenvalue weighted by molar-refractivity contribution is 8.15. The summed E-state index contributed by atoms with van der Waals surface area (Å²) < 4.78 is 5.11. The molecule has 2 amide bonds. The molecule has 7 heteroatoms. The van der Waals surface area contributed by atoms with Crippen molar-refractivity contribution in [3.05, 3.63) is 54.1 Å². The molecule has 0 spiro atoms. The molecule has 1 aliphatic heterocycles. The predicted molar refractivity (Wildman–Crippen MR) is 105 cm³/mol. The third-order valence-electron chi connectivity index (χ3n) is 4.00. The van der Waals surface area contributed by atoms with Crippen molar-refractivity contribution >= 4 is 34.3 Å². The van der Waals surface area contributed by atoms with Gasteiger partial charge in [-0.3, -0.25) is 14.5 Å². The van der Waals surface area contributed by atoms with Gasteiger partial charge in [0, 0.05) is 24.5 Å². The second-order valence-corrected chi connectivity index (χ2v) is 6.98. The summed E-state index contributed by atoms with van der Waals surface area (Å²) in [6.07, 6.45) is 0. The number of carbonyl (C=O) groups excluding carboxylic acids is 2. The van der Waals surface area contributed by atoms with Gasteiger partial charge >= 0.3 is 0 Å². The second kappa shape index (κ2) is 8.14. The summed E-state index contributed by atoms with van der Waals surface area (Å²) in [5.41, 5.74) is 2.90. The molecule has 136 valence electrons. The SMILES string of the molecule is COc1ccc(NC2SC(=O)N(CCNc3cccc(C)c3)C2=O)cc1. The number of imide groups is 1. The van der Waals surface area contributed by atoms with Gasteiger partial charge in [-0.2, -0.15) is 0 Å². The lowest BCUT2D eigenvalue weighted by molar-refractivity contribution is -0.126. The number of nitrogens with zero attached hydrogens (tertiary/aromatic N) is 1. The first-order chi connectivity index (χ1) is 12.6. The van der Waals surface area contributed by atoms with Crippen LogP contribution in [0.4, 0.5) is 16.2 Å². The molecule has 6 nitrogen and oxygen atoms in total. The first kappa shape index (κ1) is 18.1. The highest BCUT2D eigenvalue weighted by atomic mass is 32.2. The number of aryl methyl sites for hydroxylation is 1. The van der Waals surface area contributed by atoms with Crippen LogP contribution < -0.4 is 15.4 Å². The number of ether oxygens (including phenoxy) is 1. The van der Waals surface area contributed by atoms with Gasteiger partial charge in [-0.1, -0.05) is 12.1 Å². The van der Waals surface area contributed by atoms with Crippen molar-refractivity contribution < 1.29 is 14.3 Å². The van der Waals surface area contributed by atoms with Gasteiger partial charge in [0.25, 0.3) is 11.1 Å². The fourth-order valence-corrected chi connectivity index (χ4v) is 3.58. The molecule has 3 rings (SSSR count). The van der Waals surface area contributed by atoms with Crippen molar-refractivity contribution in [1.82, 2.24) is 4.90 Å². The largest absolute Gasteiger partial charge is 0.497 e. The maximum absolute atomic E-state index is 12.5. The molecular weight excluding hydrogens is 350 g/mol. The Kier molecular flexibility index (Phi) is 5.68. The molecule has 1 aliphatic rings. The van der Waals surface area contributed by atoms with Gasteiger partial charge in [-0.15, -0.1) is 0 Å². The van der Waals surface area contributed by atoms with Crippen molar-refractivity contribution in [2.75, 3.05) is 30.8 Å². The van der Waals surface area contributed by atoms with Crippen LogP contribution in [0, 0.1) is 6.92 Å². The Labute approximate surface area is 156 Å². The molecule has 1 atom stereocenters. The average Bonchev–Trinajstić information content (AvgIpc) is 2.90. The first-order valence-corrected chi connectivity index (χ1v) is 9.18. The Morgan fingerprint density at radius 3 is 2.58 bits per heavy atom. The summed E-state index contributed by atoms with van der Waals surface area (Å²) in [7, 11) is 1.60. The Morgan fingerprint density at radius 1 is 1.12 bits per heavy atom. The normalized spacial score (nSPS) is 16.7. The molecule has 1 unspecified atom stereocenters. The fourth-order valence-electron chi connectivity index (χ4n) is 2.64. The minimum atomic E-state index is -0.602. The van der Waals surface area contributed by atoms with E-state index in [9.17, 15) is 9.59 Å². The molecule has 1 fully saturated rings. The van der Waals surface area contributed by atoms with E-state index in [2.05, 4.69) is 10.6 Å². The number of anilines is 2. The van der Waals surface area contributed by atoms with E-state index in [1.165, 1.54) is 4.90 Å². The monoisotopic (exact) mass is 371 g/mol. The Balaban J connectivity index is 1.54. The molecule has 26 heavy (non-hydrogen) atoms. The van der Waals surface area contributed by atoms with Gasteiger partial charge in [0.05, 0.1) is 7.11 Å². The minimum absolute atomic E-state index is 0.220. The summed E-state index contributed by atoms with van der Waals surface area (Å²) in [6, 6.07) is 15.2. The summed E-state index contributed by atoms with van der Waals surface area (Å²) >= 11 is 1.00. The zero-order chi connectivity index (χ0) is 18.5. The molecule has 0 saturated carbocycles. The van der Waals surface area contributed by atoms with Crippen molar-refractivity contribution in [3.8, 4) is 5.75 Å². The lowest BCUT2D eigenvalue weighted by atomic mass is 10.2. The summed E-state index contributed by atoms with van der Waals surface area (Å²) in [4.78, 5) is 26.0. The molecule has 0 aliphatic carbocycles. The third kappa shape index (κ3) is 4.29. The third-order valence-corrected chi connectivity index (χ3v) is 4.98. The second-order valence-electron chi connectivity index (χ2n) is 5.92. The number of hydrogen-bond acceptors (Lipinski definition) is 6. The quantitative estimate of drug-likeness (QED) is 0.776. The van der Waals surface area contributed by atoms with Crippen molar-refractivity contribution in [2.24, 2.45) is 0 Å². The van der Waals surface area contributed by atoms with Gasteiger partial charge in [0.2, 0.25) is 0 Å². The summed E-state index contributed by atoms with van der Waals surface area (Å²) in [5.74, 6) is 0.516. The smallest absolute Gasteiger partial charge is 0.290 e. The number of methoxy groups -OCH3 is 1. The van der Waals surface area contributed by atoms with Crippen molar-refractivity contribution in [3.63, 3.8) is 0 Å². The molecule has 2 N–H and O–H groups in total. The van der Waals surface area contributed by atoms with Crippen LogP contribution >= 0.6 is 11.8 Å². The number of hydrogen-bond donors (Lipinski definition) is 2. The molecule has 0 radical (unpaired) electrons. The number of nitrogens with one attached hydrogen (secondary N) is 2. The standard InChI is InChI=1S/C19H21N3O3S/c1-13-4-3-5-15(12-13)20-10-11-22-18(23)17(26-19(22)24)21-14-6-8-16(25-2)9-7-14/h3-9,12,17,20-21H,10-11H2,1-2H3. The van der Waals surface area contributed by atoms with Gasteiger partial charge in [-0.25, -0.2) is 0 Å². The van der Waals surface area contributed by atoms with E-state index in [4.69, 9.17) is 4.74 Å². The fraction of sp³-hybridized carbons (Fsp3) is 0.263. The Bertz CT molecular complexity index is 795. The van der Waals surface area contributed by atoms with Gasteiger partial charge in [0.15, 0.2) is 5.37 Å². The zero-order valence-corrected chi connectivity index (χ0v) is 15.5. The van der Waals surface area contributed by atoms with Gasteiger partial charge < -0.3 is 15.4 Å². The van der Waals surface area contributed by atoms with E-state index >= 15 is 0 Å². The highest BCUT2D eigenvalue weighted by Crippen LogP contribution is 2.28. The van der Waals surface area contributed by atoms with Crippen LogP contribution in [-0.2, 0) is 4.79 Å². The van der Waals surface area contributed by atoms with Crippen LogP contribution in [0.3, 0.4) is 0 Å². The summed E-state index contributed by atoms with van der Waals surface area (Å²) in [6.45, 7) is 2.86. The first-order valence-electron chi connectivity index (χ1n) is 8.30. The zero-order valence-electron chi connectivity index (χ0n) is 14.7. The van der Waals surface area contributed by atoms with E-state index in [0.717, 1.165) is 34.4 Å². The van der Waals surface area contributed by atoms with Crippen LogP contribution in [-0.4, -0.2) is 41.6 Å². The molecule has 2 aromatic rings. The Hall–Kier alpha value is -2.67. The molecule has 0 aromatic heterocycles. The highest BCUT2D eigenvalue weighted by Gasteiger charge is 2.39. The van der Waals surface area contributed by atoms with E-state index in [0.29, 0.717) is 13.1 Å². The van der Waals surface area contributed by atoms with Crippen LogP contribution in [0.5, 0.6) is 5.75 Å². The van der Waals surface area contributed by atoms with Crippen molar-refractivity contribution in [2.45, 2.75) is 12.3 Å². The van der Waals surface area contributed by atoms with Crippen LogP contribution in [0.1, 0.15) is 5.56 Å². The van der Waals surface area contributed by atoms with E-state index in [-0.39, 0.29) is 11.1 Å². The minimum Gasteiger partial charge on any atom is -0.497 e. The molecule has 1 saturated heterocycles. The number of amides is 2. The average molecular weight is 371 g/mol. The van der Waals surface area contributed by atoms with Crippen molar-refractivity contribution in [1.29, 1.82) is 0 Å². The predicted octanol–water partition coefficient (Wildman–Crippen LogP) is 3.55. The topological polar surface area (TPSA) is 70.7 Å². The maximum atomic E-state index is 12.5. The molecule has 0 bridgehead atoms. The van der Waals surface area contributed by atoms with Crippen LogP contribution in [0.15, 0.2) is 48.5 Å². The molecule has 2 aromatic carbocycles. The lowest BCUT2D eigenvalue weighted by Gasteiger charge is -2.16. The van der Waals surface area contributed by atoms with E-state index < -0.39 is 5.37 Å². The number of rotatable bonds is 7. The van der Waals surface area contributed by atoms with Crippen LogP contribution in [0.25, 0.3) is 0 Å². The van der Waals surface area contributed by atoms with Crippen LogP contribution in [0.2, 0.25) is 0 Å². The number of carbonyl (C=O) groups is 2. The van der Waals surface area contributed by atoms with E-state index in [1.807, 2.05) is 43.3 Å². The lowest BCUT2D eigenvalue weighted by Crippen LogP contribution is -2.37. The van der Waals surface area contributed by atoms with E-state index in [1.54, 1.807) is 19.2 Å².